The first kappa shape index (κ1) is 68.9. The number of hydrogen-bond acceptors (Lipinski definition) is 21. The van der Waals surface area contributed by atoms with Gasteiger partial charge in [0.2, 0.25) is 11.8 Å². The van der Waals surface area contributed by atoms with Crippen LogP contribution in [0.1, 0.15) is 59.2 Å². The van der Waals surface area contributed by atoms with Crippen molar-refractivity contribution in [3.05, 3.63) is 113 Å². The molecule has 5 heterocycles. The van der Waals surface area contributed by atoms with Crippen molar-refractivity contribution in [2.45, 2.75) is 68.6 Å². The van der Waals surface area contributed by atoms with Crippen LogP contribution in [0.4, 0.5) is 53.5 Å². The zero-order valence-corrected chi connectivity index (χ0v) is 49.6. The number of hydrogen-bond donors (Lipinski definition) is 7. The van der Waals surface area contributed by atoms with Crippen LogP contribution in [0.15, 0.2) is 80.1 Å². The number of nitriles is 2. The van der Waals surface area contributed by atoms with Crippen LogP contribution in [-0.2, 0) is 14.4 Å². The molecule has 3 aliphatic rings. The van der Waals surface area contributed by atoms with Crippen LogP contribution < -0.4 is 72.9 Å². The maximum atomic E-state index is 13.9. The number of nitrogens with one attached hydrogen (secondary N) is 6. The van der Waals surface area contributed by atoms with Crippen LogP contribution in [-0.4, -0.2) is 189 Å². The standard InChI is InChI=1S/C58H62F4N14O10.C2HF3O2/c59-57(60)27-35(29-63)75(33-57)45(77)31-71-55(83)39-9-13-67-43-7-5-37(25-41(39)43)85-23-3-1-11-69-47-49(53(81)51(47)79)73-19-17-65-15-16-66-18-20-74(22-21-73)50-48(52(80)54(50)82)70-12-2-4-24-86-38-6-8-44-42(26-38)40(10-14-68-44)56(84)72-32-46(78)76-34-58(61,62)28-36(76)30-64;3-2(4,5)1(6)7/h5-10,13-14,25-26,35-36,65-66,69-70H,1-4,11-12,15-24,27-28,31-34H2,(H,71,83)(H,72,84);(H,6,7)/t35-,36-;/m0./s1. The fourth-order valence-corrected chi connectivity index (χ4v) is 10.6. The van der Waals surface area contributed by atoms with E-state index in [9.17, 15) is 79.6 Å². The number of rotatable bonds is 22. The molecular weight excluding hydrogens is 1240 g/mol. The molecule has 2 atom stereocenters. The number of likely N-dealkylation sites (tertiary alicyclic amines) is 2. The molecule has 494 valence electrons. The number of carboxylic acid groups (broad SMARTS) is 1. The zero-order valence-electron chi connectivity index (χ0n) is 49.6. The van der Waals surface area contributed by atoms with Gasteiger partial charge in [-0.2, -0.15) is 23.7 Å². The molecule has 93 heavy (non-hydrogen) atoms. The molecule has 4 aromatic carbocycles. The van der Waals surface area contributed by atoms with Gasteiger partial charge in [-0.05, 0) is 74.2 Å². The Morgan fingerprint density at radius 2 is 1.00 bits per heavy atom. The van der Waals surface area contributed by atoms with Crippen LogP contribution >= 0.6 is 0 Å². The topological polar surface area (TPSA) is 351 Å². The lowest BCUT2D eigenvalue weighted by atomic mass is 10.1. The summed E-state index contributed by atoms with van der Waals surface area (Å²) in [5.74, 6) is -11.2. The average Bonchev–Trinajstić information content (AvgIpc) is 1.65. The summed E-state index contributed by atoms with van der Waals surface area (Å²) in [4.78, 5) is 127. The van der Waals surface area contributed by atoms with Crippen LogP contribution in [0.2, 0.25) is 0 Å². The minimum Gasteiger partial charge on any atom is -0.494 e. The molecule has 9 rings (SSSR count). The third kappa shape index (κ3) is 17.3. The third-order valence-electron chi connectivity index (χ3n) is 15.4. The van der Waals surface area contributed by atoms with Crippen molar-refractivity contribution in [1.29, 1.82) is 10.5 Å². The Morgan fingerprint density at radius 1 is 0.602 bits per heavy atom. The van der Waals surface area contributed by atoms with Gasteiger partial charge in [0.05, 0.1) is 73.7 Å². The largest absolute Gasteiger partial charge is 0.494 e. The summed E-state index contributed by atoms with van der Waals surface area (Å²) >= 11 is 0. The number of benzene rings is 2. The van der Waals surface area contributed by atoms with Gasteiger partial charge in [0.1, 0.15) is 46.3 Å². The fourth-order valence-electron chi connectivity index (χ4n) is 10.6. The molecule has 0 radical (unpaired) electrons. The Balaban J connectivity index is 0.00000150. The van der Waals surface area contributed by atoms with Crippen LogP contribution in [0.5, 0.6) is 11.5 Å². The lowest BCUT2D eigenvalue weighted by molar-refractivity contribution is -0.192. The number of pyridine rings is 2. The first-order chi connectivity index (χ1) is 44.3. The third-order valence-corrected chi connectivity index (χ3v) is 15.4. The van der Waals surface area contributed by atoms with E-state index in [2.05, 4.69) is 41.9 Å². The number of carbonyl (C=O) groups is 5. The highest BCUT2D eigenvalue weighted by molar-refractivity contribution is 6.08. The van der Waals surface area contributed by atoms with E-state index in [-0.39, 0.29) is 60.2 Å². The number of ether oxygens (including phenoxy) is 2. The Bertz CT molecular complexity index is 3740. The van der Waals surface area contributed by atoms with Gasteiger partial charge in [0, 0.05) is 101 Å². The molecule has 0 spiro atoms. The lowest BCUT2D eigenvalue weighted by Gasteiger charge is -2.33. The number of alkyl halides is 7. The summed E-state index contributed by atoms with van der Waals surface area (Å²) in [5.41, 5.74) is -0.529. The minimum absolute atomic E-state index is 0.164. The summed E-state index contributed by atoms with van der Waals surface area (Å²) in [6.07, 6.45) is -1.70. The number of aromatic nitrogens is 2. The molecule has 0 aliphatic carbocycles. The SMILES string of the molecule is N#C[C@@H]1CC(F)(F)CN1C(=O)CNC(=O)c1ccnc2ccc(OCCCCNc3c(N4CCNCCNCCN(c5c(NCCCCOc6ccc7nccc(C(=O)NCC(=O)N8CC(F)(F)C[C@H]8C#N)c7c6)c(=O)c5=O)CC4)c(=O)c3=O)cc12.O=C(O)C(F)(F)F. The number of amides is 4. The molecule has 4 amide bonds. The van der Waals surface area contributed by atoms with Crippen LogP contribution in [0, 0.1) is 22.7 Å². The van der Waals surface area contributed by atoms with E-state index in [0.29, 0.717) is 111 Å². The number of nitrogens with zero attached hydrogens (tertiary/aromatic N) is 8. The normalized spacial score (nSPS) is 17.5. The molecular formula is C60H63F7N14O12. The summed E-state index contributed by atoms with van der Waals surface area (Å²) in [6.45, 7) is 1.49. The number of carboxylic acids is 1. The maximum Gasteiger partial charge on any atom is 0.490 e. The highest BCUT2D eigenvalue weighted by Gasteiger charge is 2.48. The highest BCUT2D eigenvalue weighted by atomic mass is 19.4. The second-order valence-corrected chi connectivity index (χ2v) is 21.9. The molecule has 7 N–H and O–H groups in total. The van der Waals surface area contributed by atoms with Crippen molar-refractivity contribution in [3.63, 3.8) is 0 Å². The lowest BCUT2D eigenvalue weighted by Crippen LogP contribution is -2.51. The van der Waals surface area contributed by atoms with E-state index >= 15 is 0 Å². The van der Waals surface area contributed by atoms with E-state index in [1.54, 1.807) is 48.5 Å². The van der Waals surface area contributed by atoms with Crippen molar-refractivity contribution in [2.24, 2.45) is 0 Å². The predicted molar refractivity (Wildman–Crippen MR) is 323 cm³/mol. The number of carbonyl (C=O) groups excluding carboxylic acids is 4. The van der Waals surface area contributed by atoms with Crippen molar-refractivity contribution >= 4 is 74.2 Å². The van der Waals surface area contributed by atoms with Crippen molar-refractivity contribution < 1.29 is 69.3 Å². The molecule has 6 aromatic rings. The van der Waals surface area contributed by atoms with Gasteiger partial charge in [-0.25, -0.2) is 22.4 Å². The molecule has 3 fully saturated rings. The second kappa shape index (κ2) is 30.4. The molecule has 3 aliphatic heterocycles. The van der Waals surface area contributed by atoms with Crippen molar-refractivity contribution in [3.8, 4) is 23.6 Å². The van der Waals surface area contributed by atoms with E-state index in [4.69, 9.17) is 19.4 Å². The first-order valence-electron chi connectivity index (χ1n) is 29.4. The molecule has 0 unspecified atom stereocenters. The maximum absolute atomic E-state index is 13.9. The summed E-state index contributed by atoms with van der Waals surface area (Å²) in [7, 11) is 0. The molecule has 0 bridgehead atoms. The van der Waals surface area contributed by atoms with E-state index in [1.807, 2.05) is 9.80 Å². The molecule has 2 aromatic heterocycles. The van der Waals surface area contributed by atoms with E-state index < -0.39 is 120 Å². The Kier molecular flexibility index (Phi) is 22.5. The monoisotopic (exact) mass is 1300 g/mol. The molecule has 33 heteroatoms. The fraction of sp³-hybridized carbons (Fsp3) is 0.450. The van der Waals surface area contributed by atoms with Gasteiger partial charge >= 0.3 is 12.1 Å². The summed E-state index contributed by atoms with van der Waals surface area (Å²) in [6, 6.07) is 13.6. The number of fused-ring (bicyclic) bond motifs is 2. The molecule has 26 nitrogen and oxygen atoms in total. The van der Waals surface area contributed by atoms with E-state index in [0.717, 1.165) is 9.80 Å². The number of halogens is 7. The smallest absolute Gasteiger partial charge is 0.490 e. The first-order valence-corrected chi connectivity index (χ1v) is 29.4. The van der Waals surface area contributed by atoms with Gasteiger partial charge in [-0.15, -0.1) is 0 Å². The van der Waals surface area contributed by atoms with Crippen molar-refractivity contribution in [1.82, 2.24) is 41.0 Å². The minimum atomic E-state index is -5.08. The van der Waals surface area contributed by atoms with Gasteiger partial charge < -0.3 is 66.1 Å². The Labute approximate surface area is 524 Å². The van der Waals surface area contributed by atoms with E-state index in [1.165, 1.54) is 24.5 Å². The van der Waals surface area contributed by atoms with Gasteiger partial charge in [0.25, 0.3) is 45.4 Å². The van der Waals surface area contributed by atoms with Gasteiger partial charge in [0.15, 0.2) is 0 Å². The van der Waals surface area contributed by atoms with Gasteiger partial charge in [-0.1, -0.05) is 0 Å². The summed E-state index contributed by atoms with van der Waals surface area (Å²) in [5, 5.41) is 44.3. The average molecular weight is 1310 g/mol. The van der Waals surface area contributed by atoms with Gasteiger partial charge in [-0.3, -0.25) is 48.3 Å². The second-order valence-electron chi connectivity index (χ2n) is 21.9. The zero-order chi connectivity index (χ0) is 67.2. The Morgan fingerprint density at radius 3 is 1.38 bits per heavy atom. The number of aliphatic carboxylic acids is 1. The summed E-state index contributed by atoms with van der Waals surface area (Å²) < 4.78 is 99.4. The molecule has 0 saturated carbocycles. The van der Waals surface area contributed by atoms with Crippen LogP contribution in [0.25, 0.3) is 21.8 Å². The number of anilines is 4. The Hall–Kier alpha value is -10.0. The number of unbranched alkanes of at least 4 members (excludes halogenated alkanes) is 2. The van der Waals surface area contributed by atoms with Crippen LogP contribution in [0.3, 0.4) is 0 Å². The predicted octanol–water partition coefficient (Wildman–Crippen LogP) is 2.64. The molecule has 3 saturated heterocycles. The van der Waals surface area contributed by atoms with Crippen molar-refractivity contribution in [2.75, 3.05) is 125 Å². The quantitative estimate of drug-likeness (QED) is 0.0292. The highest BCUT2D eigenvalue weighted by Crippen LogP contribution is 2.34.